The molecule has 0 N–H and O–H groups in total. The zero-order valence-electron chi connectivity index (χ0n) is 9.28. The van der Waals surface area contributed by atoms with E-state index in [1.807, 2.05) is 32.7 Å². The molecule has 0 radical (unpaired) electrons. The topological polar surface area (TPSA) is 29.5 Å². The summed E-state index contributed by atoms with van der Waals surface area (Å²) in [6.45, 7) is 5.66. The largest absolute Gasteiger partial charge is 0.459 e. The minimum atomic E-state index is -0.396. The first-order chi connectivity index (χ1) is 6.31. The average Bonchev–Trinajstić information content (AvgIpc) is 2.29. The van der Waals surface area contributed by atoms with Gasteiger partial charge in [0.25, 0.3) is 0 Å². The van der Waals surface area contributed by atoms with Crippen molar-refractivity contribution in [2.24, 2.45) is 0 Å². The number of likely N-dealkylation sites (tertiary alicyclic amines) is 1. The molecule has 1 saturated heterocycles. The number of carbonyl (C=O) groups is 1. The Labute approximate surface area is 91.2 Å². The fourth-order valence-electron chi connectivity index (χ4n) is 1.58. The molecule has 2 unspecified atom stereocenters. The van der Waals surface area contributed by atoms with Crippen LogP contribution in [-0.4, -0.2) is 34.9 Å². The molecule has 4 heteroatoms. The minimum absolute atomic E-state index is 0.114. The molecule has 0 spiro atoms. The maximum Gasteiger partial charge on any atom is 0.323 e. The van der Waals surface area contributed by atoms with Crippen LogP contribution in [0.1, 0.15) is 33.6 Å². The van der Waals surface area contributed by atoms with Gasteiger partial charge in [-0.05, 0) is 40.7 Å². The minimum Gasteiger partial charge on any atom is -0.459 e. The van der Waals surface area contributed by atoms with Crippen molar-refractivity contribution in [2.75, 3.05) is 7.05 Å². The Kier molecular flexibility index (Phi) is 3.48. The summed E-state index contributed by atoms with van der Waals surface area (Å²) in [5.74, 6) is -0.128. The molecular formula is C10H19NO2S. The van der Waals surface area contributed by atoms with Gasteiger partial charge < -0.3 is 4.74 Å². The number of hydrogen-bond donors (Lipinski definition) is 1. The van der Waals surface area contributed by atoms with E-state index in [0.29, 0.717) is 0 Å². The normalized spacial score (nSPS) is 29.2. The summed E-state index contributed by atoms with van der Waals surface area (Å²) in [5.41, 5.74) is -0.396. The number of hydrogen-bond acceptors (Lipinski definition) is 4. The van der Waals surface area contributed by atoms with Crippen molar-refractivity contribution in [3.63, 3.8) is 0 Å². The Bertz CT molecular complexity index is 225. The van der Waals surface area contributed by atoms with Gasteiger partial charge in [0.15, 0.2) is 0 Å². The third-order valence-corrected chi connectivity index (χ3v) is 2.96. The highest BCUT2D eigenvalue weighted by Gasteiger charge is 2.35. The molecule has 1 heterocycles. The van der Waals surface area contributed by atoms with Crippen LogP contribution < -0.4 is 0 Å². The molecule has 0 aromatic carbocycles. The van der Waals surface area contributed by atoms with Crippen LogP contribution in [0.2, 0.25) is 0 Å². The maximum absolute atomic E-state index is 11.7. The van der Waals surface area contributed by atoms with Crippen molar-refractivity contribution in [2.45, 2.75) is 50.6 Å². The summed E-state index contributed by atoms with van der Waals surface area (Å²) in [6, 6.07) is -0.114. The number of thiol groups is 1. The van der Waals surface area contributed by atoms with Crippen LogP contribution in [0.25, 0.3) is 0 Å². The van der Waals surface area contributed by atoms with Crippen LogP contribution in [0.5, 0.6) is 0 Å². The van der Waals surface area contributed by atoms with E-state index in [1.165, 1.54) is 0 Å². The second kappa shape index (κ2) is 4.11. The quantitative estimate of drug-likeness (QED) is 0.535. The van der Waals surface area contributed by atoms with E-state index in [9.17, 15) is 4.79 Å². The molecule has 1 rings (SSSR count). The van der Waals surface area contributed by atoms with Gasteiger partial charge in [0.1, 0.15) is 11.6 Å². The fraction of sp³-hybridized carbons (Fsp3) is 0.900. The van der Waals surface area contributed by atoms with Crippen molar-refractivity contribution in [3.05, 3.63) is 0 Å². The standard InChI is InChI=1S/C10H19NO2S/c1-10(2,3)13-9(12)7-5-6-8(14)11(7)4/h7-8,14H,5-6H2,1-4H3. The predicted octanol–water partition coefficient (Wildman–Crippen LogP) is 1.68. The molecule has 2 atom stereocenters. The second-order valence-electron chi connectivity index (χ2n) is 4.77. The van der Waals surface area contributed by atoms with Crippen LogP contribution in [0, 0.1) is 0 Å². The first-order valence-corrected chi connectivity index (χ1v) is 5.46. The smallest absolute Gasteiger partial charge is 0.323 e. The van der Waals surface area contributed by atoms with Gasteiger partial charge in [0.05, 0.1) is 5.37 Å². The number of rotatable bonds is 1. The second-order valence-corrected chi connectivity index (χ2v) is 5.37. The number of likely N-dealkylation sites (N-methyl/N-ethyl adjacent to an activating group) is 1. The molecule has 1 aliphatic heterocycles. The Hall–Kier alpha value is -0.220. The number of carbonyl (C=O) groups excluding carboxylic acids is 1. The van der Waals surface area contributed by atoms with Crippen LogP contribution in [0.15, 0.2) is 0 Å². The lowest BCUT2D eigenvalue weighted by Gasteiger charge is -2.26. The Morgan fingerprint density at radius 3 is 2.36 bits per heavy atom. The summed E-state index contributed by atoms with van der Waals surface area (Å²) in [6.07, 6.45) is 1.79. The van der Waals surface area contributed by atoms with E-state index in [0.717, 1.165) is 12.8 Å². The van der Waals surface area contributed by atoms with Gasteiger partial charge in [-0.3, -0.25) is 9.69 Å². The third-order valence-electron chi connectivity index (χ3n) is 2.34. The first kappa shape index (κ1) is 11.9. The van der Waals surface area contributed by atoms with E-state index < -0.39 is 5.60 Å². The van der Waals surface area contributed by atoms with Crippen LogP contribution >= 0.6 is 12.6 Å². The highest BCUT2D eigenvalue weighted by atomic mass is 32.1. The molecule has 0 bridgehead atoms. The maximum atomic E-state index is 11.7. The number of nitrogens with zero attached hydrogens (tertiary/aromatic N) is 1. The molecule has 14 heavy (non-hydrogen) atoms. The molecule has 1 aliphatic rings. The van der Waals surface area contributed by atoms with Crippen molar-refractivity contribution in [1.82, 2.24) is 4.90 Å². The SMILES string of the molecule is CN1C(S)CCC1C(=O)OC(C)(C)C. The number of ether oxygens (including phenoxy) is 1. The average molecular weight is 217 g/mol. The molecule has 0 saturated carbocycles. The van der Waals surface area contributed by atoms with Crippen LogP contribution in [0.4, 0.5) is 0 Å². The van der Waals surface area contributed by atoms with E-state index in [-0.39, 0.29) is 17.4 Å². The highest BCUT2D eigenvalue weighted by molar-refractivity contribution is 7.80. The first-order valence-electron chi connectivity index (χ1n) is 4.94. The lowest BCUT2D eigenvalue weighted by atomic mass is 10.1. The number of esters is 1. The lowest BCUT2D eigenvalue weighted by molar-refractivity contribution is -0.159. The molecular weight excluding hydrogens is 198 g/mol. The summed E-state index contributed by atoms with van der Waals surface area (Å²) >= 11 is 4.37. The molecule has 3 nitrogen and oxygen atoms in total. The van der Waals surface area contributed by atoms with Crippen molar-refractivity contribution in [1.29, 1.82) is 0 Å². The van der Waals surface area contributed by atoms with Crippen LogP contribution in [0.3, 0.4) is 0 Å². The van der Waals surface area contributed by atoms with Crippen molar-refractivity contribution < 1.29 is 9.53 Å². The summed E-state index contributed by atoms with van der Waals surface area (Å²) in [4.78, 5) is 13.7. The molecule has 0 aliphatic carbocycles. The van der Waals surface area contributed by atoms with Crippen molar-refractivity contribution >= 4 is 18.6 Å². The van der Waals surface area contributed by atoms with Crippen molar-refractivity contribution in [3.8, 4) is 0 Å². The van der Waals surface area contributed by atoms with Crippen LogP contribution in [-0.2, 0) is 9.53 Å². The van der Waals surface area contributed by atoms with Gasteiger partial charge in [0.2, 0.25) is 0 Å². The Morgan fingerprint density at radius 1 is 1.43 bits per heavy atom. The summed E-state index contributed by atoms with van der Waals surface area (Å²) in [7, 11) is 1.92. The van der Waals surface area contributed by atoms with E-state index in [1.54, 1.807) is 0 Å². The molecule has 1 fully saturated rings. The monoisotopic (exact) mass is 217 g/mol. The third kappa shape index (κ3) is 2.89. The molecule has 0 aromatic rings. The van der Waals surface area contributed by atoms with Gasteiger partial charge in [-0.25, -0.2) is 0 Å². The predicted molar refractivity (Wildman–Crippen MR) is 59.4 cm³/mol. The van der Waals surface area contributed by atoms with Gasteiger partial charge in [-0.2, -0.15) is 12.6 Å². The fourth-order valence-corrected chi connectivity index (χ4v) is 1.89. The Morgan fingerprint density at radius 2 is 2.00 bits per heavy atom. The van der Waals surface area contributed by atoms with Gasteiger partial charge in [-0.15, -0.1) is 0 Å². The zero-order chi connectivity index (χ0) is 10.9. The highest BCUT2D eigenvalue weighted by Crippen LogP contribution is 2.26. The van der Waals surface area contributed by atoms with Gasteiger partial charge in [0, 0.05) is 0 Å². The summed E-state index contributed by atoms with van der Waals surface area (Å²) in [5, 5.41) is 0.188. The van der Waals surface area contributed by atoms with E-state index in [2.05, 4.69) is 12.6 Å². The molecule has 82 valence electrons. The van der Waals surface area contributed by atoms with E-state index in [4.69, 9.17) is 4.74 Å². The zero-order valence-corrected chi connectivity index (χ0v) is 10.2. The van der Waals surface area contributed by atoms with E-state index >= 15 is 0 Å². The van der Waals surface area contributed by atoms with Gasteiger partial charge in [-0.1, -0.05) is 0 Å². The Balaban J connectivity index is 2.54. The lowest BCUT2D eigenvalue weighted by Crippen LogP contribution is -2.40. The molecule has 0 amide bonds. The summed E-state index contributed by atoms with van der Waals surface area (Å²) < 4.78 is 5.33. The van der Waals surface area contributed by atoms with Gasteiger partial charge >= 0.3 is 5.97 Å². The molecule has 0 aromatic heterocycles.